The first-order valence-electron chi connectivity index (χ1n) is 6.78. The number of anilines is 1. The van der Waals surface area contributed by atoms with Gasteiger partial charge in [0.25, 0.3) is 0 Å². The van der Waals surface area contributed by atoms with E-state index in [4.69, 9.17) is 0 Å². The van der Waals surface area contributed by atoms with Gasteiger partial charge in [0.05, 0.1) is 0 Å². The second-order valence-electron chi connectivity index (χ2n) is 5.25. The van der Waals surface area contributed by atoms with Crippen LogP contribution in [0.2, 0.25) is 0 Å². The fourth-order valence-corrected chi connectivity index (χ4v) is 2.50. The molecule has 0 saturated heterocycles. The lowest BCUT2D eigenvalue weighted by Gasteiger charge is -2.27. The van der Waals surface area contributed by atoms with Crippen molar-refractivity contribution in [3.05, 3.63) is 17.6 Å². The van der Waals surface area contributed by atoms with Crippen molar-refractivity contribution in [3.63, 3.8) is 0 Å². The zero-order valence-electron chi connectivity index (χ0n) is 11.2. The van der Waals surface area contributed by atoms with E-state index in [1.807, 2.05) is 6.92 Å². The van der Waals surface area contributed by atoms with Crippen LogP contribution in [-0.4, -0.2) is 16.0 Å². The summed E-state index contributed by atoms with van der Waals surface area (Å²) in [5, 5.41) is 3.57. The SMILES string of the molecule is CCc1cc(NC2CCC(C)CC2)nc(C)n1. The summed E-state index contributed by atoms with van der Waals surface area (Å²) in [6.07, 6.45) is 6.18. The third kappa shape index (κ3) is 3.42. The molecule has 0 aliphatic heterocycles. The maximum Gasteiger partial charge on any atom is 0.130 e. The van der Waals surface area contributed by atoms with Crippen LogP contribution >= 0.6 is 0 Å². The number of hydrogen-bond acceptors (Lipinski definition) is 3. The van der Waals surface area contributed by atoms with Crippen LogP contribution in [0.4, 0.5) is 5.82 Å². The molecule has 1 aromatic rings. The fraction of sp³-hybridized carbons (Fsp3) is 0.714. The molecular weight excluding hydrogens is 210 g/mol. The van der Waals surface area contributed by atoms with Crippen LogP contribution in [0.1, 0.15) is 51.0 Å². The average Bonchev–Trinajstić information content (AvgIpc) is 2.31. The lowest BCUT2D eigenvalue weighted by molar-refractivity contribution is 0.360. The zero-order chi connectivity index (χ0) is 12.3. The fourth-order valence-electron chi connectivity index (χ4n) is 2.50. The van der Waals surface area contributed by atoms with Gasteiger partial charge in [-0.2, -0.15) is 0 Å². The van der Waals surface area contributed by atoms with Crippen molar-refractivity contribution in [2.24, 2.45) is 5.92 Å². The maximum absolute atomic E-state index is 4.47. The van der Waals surface area contributed by atoms with E-state index in [9.17, 15) is 0 Å². The van der Waals surface area contributed by atoms with E-state index in [1.165, 1.54) is 25.7 Å². The second-order valence-corrected chi connectivity index (χ2v) is 5.25. The Hall–Kier alpha value is -1.12. The topological polar surface area (TPSA) is 37.8 Å². The molecule has 1 saturated carbocycles. The Bertz CT molecular complexity index is 368. The van der Waals surface area contributed by atoms with Crippen molar-refractivity contribution in [3.8, 4) is 0 Å². The molecule has 2 rings (SSSR count). The van der Waals surface area contributed by atoms with Crippen LogP contribution in [0.25, 0.3) is 0 Å². The Morgan fingerprint density at radius 2 is 1.94 bits per heavy atom. The summed E-state index contributed by atoms with van der Waals surface area (Å²) in [6.45, 7) is 6.45. The van der Waals surface area contributed by atoms with Gasteiger partial charge >= 0.3 is 0 Å². The Morgan fingerprint density at radius 3 is 2.59 bits per heavy atom. The lowest BCUT2D eigenvalue weighted by Crippen LogP contribution is -2.25. The molecule has 1 N–H and O–H groups in total. The predicted octanol–water partition coefficient (Wildman–Crippen LogP) is 3.34. The van der Waals surface area contributed by atoms with Gasteiger partial charge in [0.2, 0.25) is 0 Å². The molecule has 1 aliphatic rings. The molecule has 0 amide bonds. The molecule has 0 atom stereocenters. The molecule has 17 heavy (non-hydrogen) atoms. The van der Waals surface area contributed by atoms with Gasteiger partial charge in [-0.1, -0.05) is 13.8 Å². The minimum atomic E-state index is 0.602. The Kier molecular flexibility index (Phi) is 3.97. The van der Waals surface area contributed by atoms with Crippen LogP contribution in [-0.2, 0) is 6.42 Å². The molecule has 1 fully saturated rings. The van der Waals surface area contributed by atoms with Gasteiger partial charge < -0.3 is 5.32 Å². The summed E-state index contributed by atoms with van der Waals surface area (Å²) in [7, 11) is 0. The molecular formula is C14H23N3. The first kappa shape index (κ1) is 12.3. The van der Waals surface area contributed by atoms with E-state index >= 15 is 0 Å². The molecule has 0 spiro atoms. The molecule has 1 heterocycles. The molecule has 1 aromatic heterocycles. The van der Waals surface area contributed by atoms with Crippen molar-refractivity contribution < 1.29 is 0 Å². The van der Waals surface area contributed by atoms with E-state index in [1.54, 1.807) is 0 Å². The molecule has 0 radical (unpaired) electrons. The zero-order valence-corrected chi connectivity index (χ0v) is 11.2. The predicted molar refractivity (Wildman–Crippen MR) is 71.2 cm³/mol. The normalized spacial score (nSPS) is 24.6. The third-order valence-electron chi connectivity index (χ3n) is 3.62. The Morgan fingerprint density at radius 1 is 1.24 bits per heavy atom. The summed E-state index contributed by atoms with van der Waals surface area (Å²) in [4.78, 5) is 8.88. The van der Waals surface area contributed by atoms with Crippen LogP contribution < -0.4 is 5.32 Å². The number of aryl methyl sites for hydroxylation is 2. The highest BCUT2D eigenvalue weighted by atomic mass is 15.0. The number of hydrogen-bond donors (Lipinski definition) is 1. The van der Waals surface area contributed by atoms with Crippen molar-refractivity contribution in [2.45, 2.75) is 58.9 Å². The van der Waals surface area contributed by atoms with Crippen LogP contribution in [0.15, 0.2) is 6.07 Å². The smallest absolute Gasteiger partial charge is 0.130 e. The highest BCUT2D eigenvalue weighted by Crippen LogP contribution is 2.25. The van der Waals surface area contributed by atoms with Crippen molar-refractivity contribution in [2.75, 3.05) is 5.32 Å². The van der Waals surface area contributed by atoms with Gasteiger partial charge in [-0.25, -0.2) is 9.97 Å². The lowest BCUT2D eigenvalue weighted by atomic mass is 9.87. The molecule has 0 aromatic carbocycles. The van der Waals surface area contributed by atoms with Gasteiger partial charge in [0, 0.05) is 17.8 Å². The van der Waals surface area contributed by atoms with E-state index in [-0.39, 0.29) is 0 Å². The number of nitrogens with zero attached hydrogens (tertiary/aromatic N) is 2. The van der Waals surface area contributed by atoms with E-state index < -0.39 is 0 Å². The van der Waals surface area contributed by atoms with E-state index in [2.05, 4.69) is 35.2 Å². The van der Waals surface area contributed by atoms with Crippen LogP contribution in [0.3, 0.4) is 0 Å². The standard InChI is InChI=1S/C14H23N3/c1-4-12-9-14(16-11(3)15-12)17-13-7-5-10(2)6-8-13/h9-10,13H,4-8H2,1-3H3,(H,15,16,17). The molecule has 0 bridgehead atoms. The summed E-state index contributed by atoms with van der Waals surface area (Å²) in [5.41, 5.74) is 1.13. The van der Waals surface area contributed by atoms with Crippen molar-refractivity contribution in [1.82, 2.24) is 9.97 Å². The van der Waals surface area contributed by atoms with Gasteiger partial charge in [-0.05, 0) is 44.9 Å². The van der Waals surface area contributed by atoms with Crippen molar-refractivity contribution in [1.29, 1.82) is 0 Å². The van der Waals surface area contributed by atoms with Crippen LogP contribution in [0, 0.1) is 12.8 Å². The minimum absolute atomic E-state index is 0.602. The van der Waals surface area contributed by atoms with Gasteiger partial charge in [0.15, 0.2) is 0 Å². The average molecular weight is 233 g/mol. The molecule has 94 valence electrons. The highest BCUT2D eigenvalue weighted by molar-refractivity contribution is 5.37. The molecule has 3 heteroatoms. The summed E-state index contributed by atoms with van der Waals surface area (Å²) in [5.74, 6) is 2.77. The van der Waals surface area contributed by atoms with Gasteiger partial charge in [-0.3, -0.25) is 0 Å². The van der Waals surface area contributed by atoms with E-state index in [0.29, 0.717) is 6.04 Å². The van der Waals surface area contributed by atoms with E-state index in [0.717, 1.165) is 29.7 Å². The number of rotatable bonds is 3. The minimum Gasteiger partial charge on any atom is -0.367 e. The Balaban J connectivity index is 2.00. The summed E-state index contributed by atoms with van der Waals surface area (Å²) < 4.78 is 0. The number of aromatic nitrogens is 2. The second kappa shape index (κ2) is 5.48. The molecule has 0 unspecified atom stereocenters. The number of nitrogens with one attached hydrogen (secondary N) is 1. The molecule has 3 nitrogen and oxygen atoms in total. The Labute approximate surface area is 104 Å². The highest BCUT2D eigenvalue weighted by Gasteiger charge is 2.18. The maximum atomic E-state index is 4.47. The monoisotopic (exact) mass is 233 g/mol. The van der Waals surface area contributed by atoms with Gasteiger partial charge in [0.1, 0.15) is 11.6 Å². The third-order valence-corrected chi connectivity index (χ3v) is 3.62. The van der Waals surface area contributed by atoms with Crippen molar-refractivity contribution >= 4 is 5.82 Å². The molecule has 1 aliphatic carbocycles. The summed E-state index contributed by atoms with van der Waals surface area (Å²) in [6, 6.07) is 2.69. The first-order valence-corrected chi connectivity index (χ1v) is 6.78. The van der Waals surface area contributed by atoms with Crippen LogP contribution in [0.5, 0.6) is 0 Å². The first-order chi connectivity index (χ1) is 8.17. The van der Waals surface area contributed by atoms with Gasteiger partial charge in [-0.15, -0.1) is 0 Å². The summed E-state index contributed by atoms with van der Waals surface area (Å²) >= 11 is 0. The quantitative estimate of drug-likeness (QED) is 0.870. The largest absolute Gasteiger partial charge is 0.367 e.